The highest BCUT2D eigenvalue weighted by Gasteiger charge is 2.07. The maximum atomic E-state index is 5.23. The third-order valence-corrected chi connectivity index (χ3v) is 2.22. The van der Waals surface area contributed by atoms with Crippen LogP contribution in [0, 0.1) is 0 Å². The van der Waals surface area contributed by atoms with Gasteiger partial charge in [0.15, 0.2) is 0 Å². The molecule has 1 saturated heterocycles. The number of nitrogens with zero attached hydrogens (tertiary/aromatic N) is 2. The van der Waals surface area contributed by atoms with Crippen LogP contribution in [0.3, 0.4) is 0 Å². The Bertz CT molecular complexity index is 307. The molecule has 1 aliphatic rings. The zero-order chi connectivity index (χ0) is 10.3. The van der Waals surface area contributed by atoms with E-state index in [-0.39, 0.29) is 0 Å². The lowest BCUT2D eigenvalue weighted by Gasteiger charge is -2.25. The van der Waals surface area contributed by atoms with Crippen molar-refractivity contribution in [2.24, 2.45) is 5.10 Å². The van der Waals surface area contributed by atoms with Gasteiger partial charge in [0.05, 0.1) is 19.4 Å². The minimum Gasteiger partial charge on any atom is -0.379 e. The van der Waals surface area contributed by atoms with Gasteiger partial charge >= 0.3 is 0 Å². The van der Waals surface area contributed by atoms with Gasteiger partial charge in [-0.3, -0.25) is 0 Å². The Morgan fingerprint density at radius 3 is 2.67 bits per heavy atom. The molecule has 1 heterocycles. The maximum Gasteiger partial charge on any atom is 0.0613 e. The second kappa shape index (κ2) is 5.48. The standard InChI is InChI=1S/C11H15N3O/c1-2-4-11(5-3-1)10-12-13-14-6-8-15-9-7-14/h1-5,10,13H,6-9H2. The number of rotatable bonds is 3. The Hall–Kier alpha value is -1.39. The minimum absolute atomic E-state index is 0.772. The summed E-state index contributed by atoms with van der Waals surface area (Å²) in [4.78, 5) is 0. The van der Waals surface area contributed by atoms with E-state index in [1.807, 2.05) is 41.6 Å². The molecule has 2 rings (SSSR count). The number of hydrogen-bond donors (Lipinski definition) is 1. The Morgan fingerprint density at radius 1 is 1.20 bits per heavy atom. The van der Waals surface area contributed by atoms with Crippen molar-refractivity contribution in [1.29, 1.82) is 0 Å². The van der Waals surface area contributed by atoms with Crippen LogP contribution in [0.4, 0.5) is 0 Å². The van der Waals surface area contributed by atoms with Crippen LogP contribution in [0.15, 0.2) is 35.4 Å². The zero-order valence-electron chi connectivity index (χ0n) is 8.60. The molecule has 1 fully saturated rings. The molecule has 0 saturated carbocycles. The number of hydrogen-bond acceptors (Lipinski definition) is 4. The first-order valence-corrected chi connectivity index (χ1v) is 5.11. The molecule has 4 nitrogen and oxygen atoms in total. The molecule has 1 aromatic carbocycles. The lowest BCUT2D eigenvalue weighted by molar-refractivity contribution is 0.0128. The van der Waals surface area contributed by atoms with Gasteiger partial charge in [-0.05, 0) is 5.56 Å². The summed E-state index contributed by atoms with van der Waals surface area (Å²) >= 11 is 0. The Morgan fingerprint density at radius 2 is 1.93 bits per heavy atom. The summed E-state index contributed by atoms with van der Waals surface area (Å²) in [7, 11) is 0. The number of hydrazone groups is 1. The predicted molar refractivity (Wildman–Crippen MR) is 59.6 cm³/mol. The van der Waals surface area contributed by atoms with Crippen LogP contribution in [0.25, 0.3) is 0 Å². The summed E-state index contributed by atoms with van der Waals surface area (Å²) < 4.78 is 5.23. The van der Waals surface area contributed by atoms with E-state index < -0.39 is 0 Å². The summed E-state index contributed by atoms with van der Waals surface area (Å²) in [5.74, 6) is 0. The highest BCUT2D eigenvalue weighted by Crippen LogP contribution is 1.94. The average Bonchev–Trinajstić information content (AvgIpc) is 2.32. The molecule has 0 radical (unpaired) electrons. The van der Waals surface area contributed by atoms with E-state index in [0.717, 1.165) is 31.9 Å². The first-order valence-electron chi connectivity index (χ1n) is 5.11. The van der Waals surface area contributed by atoms with Crippen molar-refractivity contribution in [1.82, 2.24) is 10.5 Å². The third-order valence-electron chi connectivity index (χ3n) is 2.22. The normalized spacial score (nSPS) is 18.1. The fourth-order valence-corrected chi connectivity index (χ4v) is 1.39. The quantitative estimate of drug-likeness (QED) is 0.587. The second-order valence-electron chi connectivity index (χ2n) is 3.37. The fourth-order valence-electron chi connectivity index (χ4n) is 1.39. The van der Waals surface area contributed by atoms with Crippen molar-refractivity contribution >= 4 is 6.21 Å². The lowest BCUT2D eigenvalue weighted by Crippen LogP contribution is -2.43. The van der Waals surface area contributed by atoms with Crippen LogP contribution in [0.2, 0.25) is 0 Å². The van der Waals surface area contributed by atoms with E-state index in [4.69, 9.17) is 4.74 Å². The van der Waals surface area contributed by atoms with Crippen molar-refractivity contribution < 1.29 is 4.74 Å². The second-order valence-corrected chi connectivity index (χ2v) is 3.37. The third kappa shape index (κ3) is 3.34. The number of ether oxygens (including phenoxy) is 1. The minimum atomic E-state index is 0.772. The molecule has 0 amide bonds. The van der Waals surface area contributed by atoms with Gasteiger partial charge in [-0.2, -0.15) is 5.10 Å². The van der Waals surface area contributed by atoms with E-state index in [0.29, 0.717) is 0 Å². The smallest absolute Gasteiger partial charge is 0.0613 e. The molecule has 1 aliphatic heterocycles. The van der Waals surface area contributed by atoms with E-state index >= 15 is 0 Å². The molecule has 15 heavy (non-hydrogen) atoms. The highest BCUT2D eigenvalue weighted by molar-refractivity contribution is 5.79. The molecule has 0 aromatic heterocycles. The van der Waals surface area contributed by atoms with E-state index in [1.165, 1.54) is 0 Å². The molecule has 1 aromatic rings. The van der Waals surface area contributed by atoms with Crippen LogP contribution >= 0.6 is 0 Å². The molecule has 0 bridgehead atoms. The van der Waals surface area contributed by atoms with Crippen LogP contribution in [-0.2, 0) is 4.74 Å². The predicted octanol–water partition coefficient (Wildman–Crippen LogP) is 0.857. The molecule has 0 aliphatic carbocycles. The molecular formula is C11H15N3O. The van der Waals surface area contributed by atoms with Crippen LogP contribution in [0.1, 0.15) is 5.56 Å². The number of morpholine rings is 1. The van der Waals surface area contributed by atoms with Crippen molar-refractivity contribution in [3.8, 4) is 0 Å². The Balaban J connectivity index is 1.79. The summed E-state index contributed by atoms with van der Waals surface area (Å²) in [5.41, 5.74) is 4.09. The van der Waals surface area contributed by atoms with E-state index in [9.17, 15) is 0 Å². The van der Waals surface area contributed by atoms with E-state index in [1.54, 1.807) is 0 Å². The van der Waals surface area contributed by atoms with Crippen molar-refractivity contribution in [3.63, 3.8) is 0 Å². The molecule has 1 N–H and O–H groups in total. The Labute approximate surface area is 89.5 Å². The van der Waals surface area contributed by atoms with Crippen LogP contribution in [0.5, 0.6) is 0 Å². The average molecular weight is 205 g/mol. The largest absolute Gasteiger partial charge is 0.379 e. The van der Waals surface area contributed by atoms with Crippen LogP contribution < -0.4 is 5.53 Å². The number of benzene rings is 1. The molecule has 80 valence electrons. The molecule has 0 spiro atoms. The number of nitrogens with one attached hydrogen (secondary N) is 1. The zero-order valence-corrected chi connectivity index (χ0v) is 8.60. The topological polar surface area (TPSA) is 36.9 Å². The van der Waals surface area contributed by atoms with Gasteiger partial charge in [-0.15, -0.1) is 0 Å². The summed E-state index contributed by atoms with van der Waals surface area (Å²) in [6.45, 7) is 3.31. The van der Waals surface area contributed by atoms with Crippen molar-refractivity contribution in [2.75, 3.05) is 26.3 Å². The molecule has 0 atom stereocenters. The van der Waals surface area contributed by atoms with Crippen LogP contribution in [-0.4, -0.2) is 37.5 Å². The van der Waals surface area contributed by atoms with Gasteiger partial charge in [-0.1, -0.05) is 30.3 Å². The lowest BCUT2D eigenvalue weighted by atomic mass is 10.2. The van der Waals surface area contributed by atoms with Gasteiger partial charge in [0.2, 0.25) is 0 Å². The highest BCUT2D eigenvalue weighted by atomic mass is 16.5. The van der Waals surface area contributed by atoms with Crippen molar-refractivity contribution in [2.45, 2.75) is 0 Å². The first-order chi connectivity index (χ1) is 7.45. The summed E-state index contributed by atoms with van der Waals surface area (Å²) in [6, 6.07) is 10.0. The van der Waals surface area contributed by atoms with Gasteiger partial charge < -0.3 is 4.74 Å². The van der Waals surface area contributed by atoms with Gasteiger partial charge in [0.25, 0.3) is 0 Å². The fraction of sp³-hybridized carbons (Fsp3) is 0.364. The van der Waals surface area contributed by atoms with Gasteiger partial charge in [-0.25, -0.2) is 10.5 Å². The van der Waals surface area contributed by atoms with Gasteiger partial charge in [0.1, 0.15) is 0 Å². The van der Waals surface area contributed by atoms with E-state index in [2.05, 4.69) is 10.6 Å². The van der Waals surface area contributed by atoms with Crippen molar-refractivity contribution in [3.05, 3.63) is 35.9 Å². The monoisotopic (exact) mass is 205 g/mol. The molecular weight excluding hydrogens is 190 g/mol. The maximum absolute atomic E-state index is 5.23. The molecule has 4 heteroatoms. The van der Waals surface area contributed by atoms with Gasteiger partial charge in [0, 0.05) is 13.1 Å². The molecule has 0 unspecified atom stereocenters. The summed E-state index contributed by atoms with van der Waals surface area (Å²) in [5, 5.41) is 6.21. The first kappa shape index (κ1) is 10.1. The SMILES string of the molecule is C(=NNN1CCOCC1)c1ccccc1. The Kier molecular flexibility index (Phi) is 3.70. The summed E-state index contributed by atoms with van der Waals surface area (Å²) in [6.07, 6.45) is 1.81. The number of hydrazine groups is 1.